The van der Waals surface area contributed by atoms with Gasteiger partial charge in [0, 0.05) is 6.54 Å². The van der Waals surface area contributed by atoms with Crippen molar-refractivity contribution in [2.75, 3.05) is 7.05 Å². The maximum absolute atomic E-state index is 12.2. The summed E-state index contributed by atoms with van der Waals surface area (Å²) in [5, 5.41) is 3.15. The maximum Gasteiger partial charge on any atom is 0.428 e. The molecule has 0 saturated heterocycles. The Hall–Kier alpha value is -0.140. The fourth-order valence-electron chi connectivity index (χ4n) is 0.745. The lowest BCUT2D eigenvalue weighted by atomic mass is 10.5. The first-order valence-corrected chi connectivity index (χ1v) is 4.93. The third-order valence-corrected chi connectivity index (χ3v) is 3.15. The Kier molecular flexibility index (Phi) is 3.31. The van der Waals surface area contributed by atoms with Crippen molar-refractivity contribution in [3.05, 3.63) is 14.5 Å². The minimum atomic E-state index is -4.32. The number of nitrogens with zero attached hydrogens (tertiary/aromatic N) is 1. The van der Waals surface area contributed by atoms with Gasteiger partial charge in [0.25, 0.3) is 0 Å². The van der Waals surface area contributed by atoms with E-state index in [-0.39, 0.29) is 4.60 Å². The number of rotatable bonds is 2. The molecule has 7 heteroatoms. The van der Waals surface area contributed by atoms with Crippen LogP contribution in [0.25, 0.3) is 0 Å². The second-order valence-corrected chi connectivity index (χ2v) is 4.09. The van der Waals surface area contributed by atoms with Crippen LogP contribution in [0.2, 0.25) is 0 Å². The van der Waals surface area contributed by atoms with Crippen molar-refractivity contribution in [2.45, 2.75) is 12.7 Å². The first-order chi connectivity index (χ1) is 5.95. The van der Waals surface area contributed by atoms with E-state index in [1.807, 2.05) is 0 Å². The molecule has 0 fully saturated rings. The largest absolute Gasteiger partial charge is 0.428 e. The molecule has 1 aromatic heterocycles. The molecule has 0 radical (unpaired) electrons. The molecule has 0 aliphatic rings. The number of aromatic nitrogens is 1. The predicted molar refractivity (Wildman–Crippen MR) is 47.6 cm³/mol. The van der Waals surface area contributed by atoms with Crippen molar-refractivity contribution in [2.24, 2.45) is 0 Å². The molecule has 0 atom stereocenters. The minimum absolute atomic E-state index is 0.129. The van der Waals surface area contributed by atoms with Crippen LogP contribution in [0.3, 0.4) is 0 Å². The van der Waals surface area contributed by atoms with Crippen LogP contribution in [0, 0.1) is 0 Å². The van der Waals surface area contributed by atoms with Crippen molar-refractivity contribution in [3.63, 3.8) is 0 Å². The third-order valence-electron chi connectivity index (χ3n) is 1.22. The van der Waals surface area contributed by atoms with Crippen LogP contribution in [-0.2, 0) is 12.7 Å². The Bertz CT molecular complexity index is 297. The minimum Gasteiger partial charge on any atom is -0.314 e. The van der Waals surface area contributed by atoms with Gasteiger partial charge in [-0.1, -0.05) is 0 Å². The zero-order valence-electron chi connectivity index (χ0n) is 6.57. The van der Waals surface area contributed by atoms with Crippen LogP contribution < -0.4 is 5.32 Å². The second-order valence-electron chi connectivity index (χ2n) is 2.26. The Labute approximate surface area is 85.3 Å². The van der Waals surface area contributed by atoms with Gasteiger partial charge in [-0.15, -0.1) is 11.3 Å². The van der Waals surface area contributed by atoms with Gasteiger partial charge in [0.15, 0.2) is 0 Å². The standard InChI is InChI=1S/C6H6BrF3N2S/c1-11-2-3-12-5(7)4(13-3)6(8,9)10/h11H,2H2,1H3. The van der Waals surface area contributed by atoms with E-state index in [4.69, 9.17) is 0 Å². The summed E-state index contributed by atoms with van der Waals surface area (Å²) in [6.07, 6.45) is -4.32. The van der Waals surface area contributed by atoms with Crippen LogP contribution in [0.1, 0.15) is 9.88 Å². The number of hydrogen-bond donors (Lipinski definition) is 1. The average molecular weight is 275 g/mol. The zero-order chi connectivity index (χ0) is 10.1. The third kappa shape index (κ3) is 2.65. The summed E-state index contributed by atoms with van der Waals surface area (Å²) in [4.78, 5) is 3.04. The molecule has 0 unspecified atom stereocenters. The van der Waals surface area contributed by atoms with Gasteiger partial charge in [0.2, 0.25) is 0 Å². The average Bonchev–Trinajstić information content (AvgIpc) is 2.30. The van der Waals surface area contributed by atoms with Crippen LogP contribution in [0.5, 0.6) is 0 Å². The number of alkyl halides is 3. The molecule has 0 aliphatic heterocycles. The van der Waals surface area contributed by atoms with Crippen LogP contribution in [-0.4, -0.2) is 12.0 Å². The van der Waals surface area contributed by atoms with Crippen molar-refractivity contribution in [1.82, 2.24) is 10.3 Å². The highest BCUT2D eigenvalue weighted by atomic mass is 79.9. The SMILES string of the molecule is CNCc1nc(Br)c(C(F)(F)F)s1. The Morgan fingerprint density at radius 1 is 1.54 bits per heavy atom. The summed E-state index contributed by atoms with van der Waals surface area (Å²) in [6, 6.07) is 0. The molecule has 0 spiro atoms. The van der Waals surface area contributed by atoms with Gasteiger partial charge >= 0.3 is 6.18 Å². The molecular weight excluding hydrogens is 269 g/mol. The van der Waals surface area contributed by atoms with Gasteiger partial charge in [-0.2, -0.15) is 13.2 Å². The lowest BCUT2D eigenvalue weighted by Gasteiger charge is -2.01. The first-order valence-electron chi connectivity index (χ1n) is 3.32. The molecule has 0 saturated carbocycles. The van der Waals surface area contributed by atoms with Crippen molar-refractivity contribution >= 4 is 27.3 Å². The molecule has 74 valence electrons. The molecule has 0 aliphatic carbocycles. The van der Waals surface area contributed by atoms with E-state index in [9.17, 15) is 13.2 Å². The molecule has 1 rings (SSSR count). The number of halogens is 4. The summed E-state index contributed by atoms with van der Waals surface area (Å²) in [7, 11) is 1.66. The number of nitrogens with one attached hydrogen (secondary N) is 1. The summed E-state index contributed by atoms with van der Waals surface area (Å²) in [6.45, 7) is 0.347. The Morgan fingerprint density at radius 2 is 2.15 bits per heavy atom. The lowest BCUT2D eigenvalue weighted by molar-refractivity contribution is -0.135. The quantitative estimate of drug-likeness (QED) is 0.897. The molecular formula is C6H6BrF3N2S. The smallest absolute Gasteiger partial charge is 0.314 e. The van der Waals surface area contributed by atoms with E-state index in [1.165, 1.54) is 0 Å². The summed E-state index contributed by atoms with van der Waals surface area (Å²) < 4.78 is 36.5. The molecule has 0 bridgehead atoms. The highest BCUT2D eigenvalue weighted by molar-refractivity contribution is 9.10. The number of hydrogen-bond acceptors (Lipinski definition) is 3. The highest BCUT2D eigenvalue weighted by Gasteiger charge is 2.36. The van der Waals surface area contributed by atoms with Gasteiger partial charge in [0.1, 0.15) is 14.5 Å². The van der Waals surface area contributed by atoms with Crippen molar-refractivity contribution in [3.8, 4) is 0 Å². The molecule has 0 aromatic carbocycles. The number of thiazole rings is 1. The molecule has 1 N–H and O–H groups in total. The summed E-state index contributed by atoms with van der Waals surface area (Å²) in [5.74, 6) is 0. The molecule has 1 heterocycles. The monoisotopic (exact) mass is 274 g/mol. The van der Waals surface area contributed by atoms with Crippen molar-refractivity contribution < 1.29 is 13.2 Å². The Morgan fingerprint density at radius 3 is 2.54 bits per heavy atom. The fourth-order valence-corrected chi connectivity index (χ4v) is 2.38. The van der Waals surface area contributed by atoms with E-state index in [0.29, 0.717) is 22.9 Å². The van der Waals surface area contributed by atoms with Gasteiger partial charge in [-0.25, -0.2) is 4.98 Å². The second kappa shape index (κ2) is 3.93. The maximum atomic E-state index is 12.2. The molecule has 0 amide bonds. The van der Waals surface area contributed by atoms with E-state index in [0.717, 1.165) is 0 Å². The van der Waals surface area contributed by atoms with E-state index in [1.54, 1.807) is 7.05 Å². The molecule has 1 aromatic rings. The zero-order valence-corrected chi connectivity index (χ0v) is 8.98. The van der Waals surface area contributed by atoms with E-state index in [2.05, 4.69) is 26.2 Å². The van der Waals surface area contributed by atoms with Gasteiger partial charge in [-0.05, 0) is 23.0 Å². The fraction of sp³-hybridized carbons (Fsp3) is 0.500. The first kappa shape index (κ1) is 10.9. The van der Waals surface area contributed by atoms with E-state index < -0.39 is 11.1 Å². The van der Waals surface area contributed by atoms with Gasteiger partial charge in [-0.3, -0.25) is 0 Å². The lowest BCUT2D eigenvalue weighted by Crippen LogP contribution is -2.04. The summed E-state index contributed by atoms with van der Waals surface area (Å²) >= 11 is 3.42. The topological polar surface area (TPSA) is 24.9 Å². The van der Waals surface area contributed by atoms with Crippen LogP contribution in [0.4, 0.5) is 13.2 Å². The summed E-state index contributed by atoms with van der Waals surface area (Å²) in [5.41, 5.74) is 0. The van der Waals surface area contributed by atoms with Gasteiger partial charge < -0.3 is 5.32 Å². The normalized spacial score (nSPS) is 12.1. The molecule has 13 heavy (non-hydrogen) atoms. The van der Waals surface area contributed by atoms with Crippen LogP contribution >= 0.6 is 27.3 Å². The molecule has 2 nitrogen and oxygen atoms in total. The van der Waals surface area contributed by atoms with Gasteiger partial charge in [0.05, 0.1) is 0 Å². The highest BCUT2D eigenvalue weighted by Crippen LogP contribution is 2.38. The Balaban J connectivity index is 2.96. The van der Waals surface area contributed by atoms with Crippen molar-refractivity contribution in [1.29, 1.82) is 0 Å². The predicted octanol–water partition coefficient (Wildman–Crippen LogP) is 2.64. The van der Waals surface area contributed by atoms with E-state index >= 15 is 0 Å². The van der Waals surface area contributed by atoms with Crippen LogP contribution in [0.15, 0.2) is 4.60 Å².